The number of benzene rings is 3. The predicted octanol–water partition coefficient (Wildman–Crippen LogP) is 6.40. The fourth-order valence-corrected chi connectivity index (χ4v) is 3.11. The number of methoxy groups -OCH3 is 1. The molecule has 4 aromatic rings. The summed E-state index contributed by atoms with van der Waals surface area (Å²) < 4.78 is 5.28. The van der Waals surface area contributed by atoms with Gasteiger partial charge < -0.3 is 4.74 Å². The van der Waals surface area contributed by atoms with E-state index < -0.39 is 0 Å². The molecule has 2 heteroatoms. The minimum Gasteiger partial charge on any atom is -0.497 e. The third kappa shape index (κ3) is 3.75. The van der Waals surface area contributed by atoms with Gasteiger partial charge in [-0.1, -0.05) is 60.2 Å². The molecule has 0 aliphatic carbocycles. The van der Waals surface area contributed by atoms with Crippen molar-refractivity contribution in [3.05, 3.63) is 96.6 Å². The Morgan fingerprint density at radius 3 is 1.70 bits per heavy atom. The molecule has 0 amide bonds. The highest BCUT2D eigenvalue weighted by molar-refractivity contribution is 5.76. The number of aryl methyl sites for hydroxylation is 1. The molecule has 0 saturated heterocycles. The normalized spacial score (nSPS) is 10.6. The first-order chi connectivity index (χ1) is 13.2. The lowest BCUT2D eigenvalue weighted by atomic mass is 9.99. The maximum Gasteiger partial charge on any atom is 0.118 e. The van der Waals surface area contributed by atoms with E-state index in [-0.39, 0.29) is 0 Å². The van der Waals surface area contributed by atoms with Crippen LogP contribution in [0.3, 0.4) is 0 Å². The number of nitrogens with zero attached hydrogens (tertiary/aromatic N) is 1. The Hall–Kier alpha value is -3.39. The van der Waals surface area contributed by atoms with E-state index in [0.29, 0.717) is 0 Å². The zero-order valence-electron chi connectivity index (χ0n) is 15.5. The van der Waals surface area contributed by atoms with Crippen LogP contribution in [0.4, 0.5) is 0 Å². The molecule has 0 spiro atoms. The molecule has 0 radical (unpaired) electrons. The summed E-state index contributed by atoms with van der Waals surface area (Å²) in [6, 6.07) is 31.3. The van der Waals surface area contributed by atoms with Gasteiger partial charge in [0.15, 0.2) is 0 Å². The molecular formula is C25H21NO. The van der Waals surface area contributed by atoms with Crippen LogP contribution in [0.1, 0.15) is 5.56 Å². The van der Waals surface area contributed by atoms with E-state index in [9.17, 15) is 0 Å². The van der Waals surface area contributed by atoms with E-state index >= 15 is 0 Å². The Balaban J connectivity index is 1.87. The fourth-order valence-electron chi connectivity index (χ4n) is 3.11. The zero-order chi connectivity index (χ0) is 18.6. The van der Waals surface area contributed by atoms with Crippen molar-refractivity contribution in [1.29, 1.82) is 0 Å². The Kier molecular flexibility index (Phi) is 4.71. The highest BCUT2D eigenvalue weighted by atomic mass is 16.5. The number of hydrogen-bond donors (Lipinski definition) is 0. The second-order valence-corrected chi connectivity index (χ2v) is 6.59. The van der Waals surface area contributed by atoms with Crippen LogP contribution in [0, 0.1) is 6.92 Å². The van der Waals surface area contributed by atoms with Crippen LogP contribution >= 0.6 is 0 Å². The van der Waals surface area contributed by atoms with E-state index in [1.807, 2.05) is 18.2 Å². The van der Waals surface area contributed by atoms with Gasteiger partial charge in [0.05, 0.1) is 18.5 Å². The maximum atomic E-state index is 5.28. The van der Waals surface area contributed by atoms with Crippen LogP contribution in [0.5, 0.6) is 5.75 Å². The lowest BCUT2D eigenvalue weighted by molar-refractivity contribution is 0.415. The molecule has 3 aromatic carbocycles. The summed E-state index contributed by atoms with van der Waals surface area (Å²) in [5.74, 6) is 0.844. The van der Waals surface area contributed by atoms with Gasteiger partial charge >= 0.3 is 0 Å². The summed E-state index contributed by atoms with van der Waals surface area (Å²) in [5, 5.41) is 0. The van der Waals surface area contributed by atoms with Crippen LogP contribution in [-0.4, -0.2) is 12.1 Å². The first-order valence-electron chi connectivity index (χ1n) is 9.02. The maximum absolute atomic E-state index is 5.28. The molecule has 1 heterocycles. The first kappa shape index (κ1) is 17.0. The topological polar surface area (TPSA) is 22.1 Å². The summed E-state index contributed by atoms with van der Waals surface area (Å²) in [6.45, 7) is 2.10. The van der Waals surface area contributed by atoms with E-state index in [0.717, 1.165) is 33.8 Å². The van der Waals surface area contributed by atoms with E-state index in [4.69, 9.17) is 9.72 Å². The molecule has 0 aliphatic heterocycles. The molecule has 0 N–H and O–H groups in total. The SMILES string of the molecule is COc1ccc(-c2cc(-c3ccccc3)cc(-c3ccc(C)cc3)n2)cc1. The van der Waals surface area contributed by atoms with Crippen molar-refractivity contribution >= 4 is 0 Å². The number of pyridine rings is 1. The Labute approximate surface area is 160 Å². The minimum atomic E-state index is 0.844. The molecule has 4 rings (SSSR count). The van der Waals surface area contributed by atoms with Gasteiger partial charge in [0, 0.05) is 11.1 Å². The fraction of sp³-hybridized carbons (Fsp3) is 0.0800. The molecule has 0 atom stereocenters. The molecule has 0 unspecified atom stereocenters. The van der Waals surface area contributed by atoms with Crippen LogP contribution in [0.25, 0.3) is 33.6 Å². The second-order valence-electron chi connectivity index (χ2n) is 6.59. The molecule has 0 bridgehead atoms. The molecule has 0 fully saturated rings. The van der Waals surface area contributed by atoms with Crippen LogP contribution in [0.15, 0.2) is 91.0 Å². The van der Waals surface area contributed by atoms with Gasteiger partial charge in [-0.05, 0) is 54.4 Å². The molecular weight excluding hydrogens is 330 g/mol. The number of rotatable bonds is 4. The van der Waals surface area contributed by atoms with Crippen molar-refractivity contribution in [3.8, 4) is 39.4 Å². The lowest BCUT2D eigenvalue weighted by Crippen LogP contribution is -1.91. The Morgan fingerprint density at radius 1 is 0.593 bits per heavy atom. The molecule has 1 aromatic heterocycles. The zero-order valence-corrected chi connectivity index (χ0v) is 15.5. The average Bonchev–Trinajstić information content (AvgIpc) is 2.74. The standard InChI is InChI=1S/C25H21NO/c1-18-8-10-20(11-9-18)24-16-22(19-6-4-3-5-7-19)17-25(26-24)21-12-14-23(27-2)15-13-21/h3-17H,1-2H3. The number of hydrogen-bond acceptors (Lipinski definition) is 2. The average molecular weight is 351 g/mol. The van der Waals surface area contributed by atoms with Gasteiger partial charge in [-0.25, -0.2) is 4.98 Å². The van der Waals surface area contributed by atoms with Crippen LogP contribution in [-0.2, 0) is 0 Å². The summed E-state index contributed by atoms with van der Waals surface area (Å²) in [6.07, 6.45) is 0. The van der Waals surface area contributed by atoms with Crippen molar-refractivity contribution < 1.29 is 4.74 Å². The minimum absolute atomic E-state index is 0.844. The van der Waals surface area contributed by atoms with Crippen molar-refractivity contribution in [1.82, 2.24) is 4.98 Å². The van der Waals surface area contributed by atoms with Gasteiger partial charge in [0.25, 0.3) is 0 Å². The van der Waals surface area contributed by atoms with Crippen molar-refractivity contribution in [2.75, 3.05) is 7.11 Å². The molecule has 0 saturated carbocycles. The Bertz CT molecular complexity index is 1040. The third-order valence-electron chi connectivity index (χ3n) is 4.67. The highest BCUT2D eigenvalue weighted by Gasteiger charge is 2.09. The van der Waals surface area contributed by atoms with Crippen molar-refractivity contribution in [2.45, 2.75) is 6.92 Å². The first-order valence-corrected chi connectivity index (χ1v) is 9.02. The summed E-state index contributed by atoms with van der Waals surface area (Å²) in [4.78, 5) is 4.94. The number of aromatic nitrogens is 1. The third-order valence-corrected chi connectivity index (χ3v) is 4.67. The summed E-state index contributed by atoms with van der Waals surface area (Å²) in [5.41, 5.74) is 7.70. The van der Waals surface area contributed by atoms with Crippen molar-refractivity contribution in [2.24, 2.45) is 0 Å². The molecule has 27 heavy (non-hydrogen) atoms. The summed E-state index contributed by atoms with van der Waals surface area (Å²) >= 11 is 0. The van der Waals surface area contributed by atoms with Gasteiger partial charge in [-0.15, -0.1) is 0 Å². The molecule has 0 aliphatic rings. The van der Waals surface area contributed by atoms with Crippen molar-refractivity contribution in [3.63, 3.8) is 0 Å². The number of ether oxygens (including phenoxy) is 1. The smallest absolute Gasteiger partial charge is 0.118 e. The summed E-state index contributed by atoms with van der Waals surface area (Å²) in [7, 11) is 1.68. The van der Waals surface area contributed by atoms with Gasteiger partial charge in [-0.2, -0.15) is 0 Å². The largest absolute Gasteiger partial charge is 0.497 e. The van der Waals surface area contributed by atoms with Crippen LogP contribution in [0.2, 0.25) is 0 Å². The van der Waals surface area contributed by atoms with E-state index in [1.54, 1.807) is 7.11 Å². The molecule has 132 valence electrons. The van der Waals surface area contributed by atoms with Gasteiger partial charge in [-0.3, -0.25) is 0 Å². The Morgan fingerprint density at radius 2 is 1.15 bits per heavy atom. The van der Waals surface area contributed by atoms with E-state index in [2.05, 4.69) is 79.7 Å². The quantitative estimate of drug-likeness (QED) is 0.424. The van der Waals surface area contributed by atoms with Gasteiger partial charge in [0.2, 0.25) is 0 Å². The second kappa shape index (κ2) is 7.46. The highest BCUT2D eigenvalue weighted by Crippen LogP contribution is 2.30. The molecule has 2 nitrogen and oxygen atoms in total. The van der Waals surface area contributed by atoms with Crippen LogP contribution < -0.4 is 4.74 Å². The lowest BCUT2D eigenvalue weighted by Gasteiger charge is -2.11. The predicted molar refractivity (Wildman–Crippen MR) is 112 cm³/mol. The van der Waals surface area contributed by atoms with E-state index in [1.165, 1.54) is 11.1 Å². The monoisotopic (exact) mass is 351 g/mol. The van der Waals surface area contributed by atoms with Gasteiger partial charge in [0.1, 0.15) is 5.75 Å².